The Kier molecular flexibility index (Phi) is 7.79. The van der Waals surface area contributed by atoms with Gasteiger partial charge in [-0.2, -0.15) is 8.78 Å². The quantitative estimate of drug-likeness (QED) is 0.452. The average molecular weight is 226 g/mol. The van der Waals surface area contributed by atoms with Crippen LogP contribution in [0.5, 0.6) is 0 Å². The zero-order valence-corrected chi connectivity index (χ0v) is 11.4. The van der Waals surface area contributed by atoms with Crippen LogP contribution in [0.2, 0.25) is 25.2 Å². The third-order valence-electron chi connectivity index (χ3n) is 1.88. The van der Waals surface area contributed by atoms with Crippen LogP contribution in [-0.2, 0) is 4.74 Å². The van der Waals surface area contributed by atoms with Crippen molar-refractivity contribution in [1.29, 1.82) is 0 Å². The van der Waals surface area contributed by atoms with Crippen LogP contribution < -0.4 is 0 Å². The highest BCUT2D eigenvalue weighted by Gasteiger charge is 2.28. The molecule has 1 nitrogen and oxygen atoms in total. The van der Waals surface area contributed by atoms with Crippen molar-refractivity contribution in [2.45, 2.75) is 44.1 Å². The van der Waals surface area contributed by atoms with Crippen LogP contribution in [0.3, 0.4) is 0 Å². The molecule has 0 rings (SSSR count). The molecule has 0 aliphatic carbocycles. The lowest BCUT2D eigenvalue weighted by Crippen LogP contribution is -2.21. The molecule has 0 aromatic rings. The van der Waals surface area contributed by atoms with Gasteiger partial charge in [0.05, 0.1) is 6.61 Å². The van der Waals surface area contributed by atoms with E-state index in [1.807, 2.05) is 0 Å². The molecule has 0 aromatic heterocycles. The molecule has 0 atom stereocenters. The Morgan fingerprint density at radius 1 is 1.15 bits per heavy atom. The SMILES string of the molecule is C[SiH2]CCCC(F)(F)OCC[SiH2]C. The van der Waals surface area contributed by atoms with Crippen molar-refractivity contribution in [3.63, 3.8) is 0 Å². The summed E-state index contributed by atoms with van der Waals surface area (Å²) in [6, 6.07) is 1.86. The van der Waals surface area contributed by atoms with Gasteiger partial charge in [0.1, 0.15) is 0 Å². The van der Waals surface area contributed by atoms with Gasteiger partial charge < -0.3 is 4.74 Å². The zero-order valence-electron chi connectivity index (χ0n) is 8.61. The monoisotopic (exact) mass is 226 g/mol. The molecule has 5 heteroatoms. The van der Waals surface area contributed by atoms with Crippen LogP contribution in [-0.4, -0.2) is 31.8 Å². The molecule has 0 unspecified atom stereocenters. The molecule has 0 radical (unpaired) electrons. The van der Waals surface area contributed by atoms with Crippen molar-refractivity contribution >= 4 is 19.0 Å². The summed E-state index contributed by atoms with van der Waals surface area (Å²) in [5.74, 6) is 0. The van der Waals surface area contributed by atoms with Gasteiger partial charge in [-0.3, -0.25) is 0 Å². The normalized spacial score (nSPS) is 13.8. The lowest BCUT2D eigenvalue weighted by molar-refractivity contribution is -0.239. The minimum Gasteiger partial charge on any atom is -0.321 e. The standard InChI is InChI=1S/C8H20F2OSi2/c1-12-6-3-4-8(9,10)11-5-7-13-2/h3-7,12-13H2,1-2H3. The molecule has 0 saturated carbocycles. The fourth-order valence-electron chi connectivity index (χ4n) is 1.02. The molecular weight excluding hydrogens is 206 g/mol. The Morgan fingerprint density at radius 2 is 1.77 bits per heavy atom. The van der Waals surface area contributed by atoms with Crippen molar-refractivity contribution in [3.05, 3.63) is 0 Å². The number of hydrogen-bond acceptors (Lipinski definition) is 1. The van der Waals surface area contributed by atoms with E-state index in [0.29, 0.717) is 6.42 Å². The van der Waals surface area contributed by atoms with Gasteiger partial charge in [-0.15, -0.1) is 0 Å². The Labute approximate surface area is 83.9 Å². The first-order chi connectivity index (χ1) is 6.12. The predicted molar refractivity (Wildman–Crippen MR) is 58.6 cm³/mol. The number of rotatable bonds is 8. The lowest BCUT2D eigenvalue weighted by Gasteiger charge is -2.16. The van der Waals surface area contributed by atoms with Crippen LogP contribution in [0.4, 0.5) is 8.78 Å². The minimum atomic E-state index is -2.85. The van der Waals surface area contributed by atoms with E-state index in [9.17, 15) is 8.78 Å². The molecule has 0 amide bonds. The van der Waals surface area contributed by atoms with Gasteiger partial charge in [0.25, 0.3) is 0 Å². The number of halogens is 2. The summed E-state index contributed by atoms with van der Waals surface area (Å²) in [6.45, 7) is 4.49. The first-order valence-corrected chi connectivity index (χ1v) is 9.97. The minimum absolute atomic E-state index is 0.0605. The molecule has 0 spiro atoms. The van der Waals surface area contributed by atoms with Crippen molar-refractivity contribution in [1.82, 2.24) is 0 Å². The molecule has 80 valence electrons. The summed E-state index contributed by atoms with van der Waals surface area (Å²) in [5.41, 5.74) is 0. The number of hydrogen-bond donors (Lipinski definition) is 0. The van der Waals surface area contributed by atoms with Gasteiger partial charge in [0.15, 0.2) is 0 Å². The second kappa shape index (κ2) is 7.64. The first kappa shape index (κ1) is 13.3. The summed E-state index contributed by atoms with van der Waals surface area (Å²) in [7, 11) is -0.191. The van der Waals surface area contributed by atoms with Crippen LogP contribution in [0.15, 0.2) is 0 Å². The lowest BCUT2D eigenvalue weighted by atomic mass is 10.3. The topological polar surface area (TPSA) is 9.23 Å². The molecule has 0 aliphatic heterocycles. The third kappa shape index (κ3) is 8.58. The Balaban J connectivity index is 3.42. The van der Waals surface area contributed by atoms with Crippen molar-refractivity contribution in [3.8, 4) is 0 Å². The Hall–Kier alpha value is 0.254. The van der Waals surface area contributed by atoms with Gasteiger partial charge >= 0.3 is 6.11 Å². The van der Waals surface area contributed by atoms with Crippen molar-refractivity contribution in [2.24, 2.45) is 0 Å². The van der Waals surface area contributed by atoms with Gasteiger partial charge in [0, 0.05) is 25.5 Å². The average Bonchev–Trinajstić information content (AvgIpc) is 2.05. The number of ether oxygens (including phenoxy) is 1. The van der Waals surface area contributed by atoms with E-state index in [1.54, 1.807) is 0 Å². The Morgan fingerprint density at radius 3 is 2.31 bits per heavy atom. The van der Waals surface area contributed by atoms with E-state index >= 15 is 0 Å². The fraction of sp³-hybridized carbons (Fsp3) is 1.00. The zero-order chi connectivity index (χ0) is 10.2. The largest absolute Gasteiger partial charge is 0.355 e. The third-order valence-corrected chi connectivity index (χ3v) is 4.09. The van der Waals surface area contributed by atoms with E-state index < -0.39 is 6.11 Å². The molecular formula is C8H20F2OSi2. The summed E-state index contributed by atoms with van der Waals surface area (Å²) in [6.07, 6.45) is -2.31. The van der Waals surface area contributed by atoms with Crippen LogP contribution in [0.1, 0.15) is 12.8 Å². The van der Waals surface area contributed by atoms with Crippen LogP contribution in [0.25, 0.3) is 0 Å². The maximum Gasteiger partial charge on any atom is 0.355 e. The van der Waals surface area contributed by atoms with Crippen molar-refractivity contribution < 1.29 is 13.5 Å². The van der Waals surface area contributed by atoms with Gasteiger partial charge in [-0.1, -0.05) is 19.1 Å². The van der Waals surface area contributed by atoms with E-state index in [4.69, 9.17) is 0 Å². The fourth-order valence-corrected chi connectivity index (χ4v) is 2.20. The first-order valence-electron chi connectivity index (χ1n) is 5.14. The summed E-state index contributed by atoms with van der Waals surface area (Å²) < 4.78 is 30.3. The van der Waals surface area contributed by atoms with Gasteiger partial charge in [-0.05, 0) is 12.5 Å². The molecule has 0 fully saturated rings. The highest BCUT2D eigenvalue weighted by Crippen LogP contribution is 2.22. The maximum atomic E-state index is 12.9. The van der Waals surface area contributed by atoms with E-state index in [2.05, 4.69) is 17.8 Å². The molecule has 0 aromatic carbocycles. The molecule has 0 saturated heterocycles. The molecule has 0 bridgehead atoms. The summed E-state index contributed by atoms with van der Waals surface area (Å²) in [4.78, 5) is 0. The number of alkyl halides is 2. The van der Waals surface area contributed by atoms with Gasteiger partial charge in [0.2, 0.25) is 0 Å². The molecule has 0 heterocycles. The summed E-state index contributed by atoms with van der Waals surface area (Å²) >= 11 is 0. The van der Waals surface area contributed by atoms with E-state index in [-0.39, 0.29) is 32.1 Å². The van der Waals surface area contributed by atoms with Crippen molar-refractivity contribution in [2.75, 3.05) is 6.61 Å². The maximum absolute atomic E-state index is 12.9. The Bertz CT molecular complexity index is 111. The van der Waals surface area contributed by atoms with Crippen LogP contribution >= 0.6 is 0 Å². The molecule has 13 heavy (non-hydrogen) atoms. The predicted octanol–water partition coefficient (Wildman–Crippen LogP) is 1.65. The second-order valence-corrected chi connectivity index (χ2v) is 6.71. The highest BCUT2D eigenvalue weighted by atomic mass is 28.2. The highest BCUT2D eigenvalue weighted by molar-refractivity contribution is 6.33. The van der Waals surface area contributed by atoms with Gasteiger partial charge in [-0.25, -0.2) is 0 Å². The van der Waals surface area contributed by atoms with Crippen LogP contribution in [0, 0.1) is 0 Å². The smallest absolute Gasteiger partial charge is 0.321 e. The van der Waals surface area contributed by atoms with E-state index in [1.165, 1.54) is 0 Å². The van der Waals surface area contributed by atoms with E-state index in [0.717, 1.165) is 12.1 Å². The second-order valence-electron chi connectivity index (χ2n) is 3.30. The summed E-state index contributed by atoms with van der Waals surface area (Å²) in [5, 5.41) is 0. The molecule has 0 N–H and O–H groups in total. The molecule has 0 aliphatic rings.